The Bertz CT molecular complexity index is 690. The van der Waals surface area contributed by atoms with Crippen LogP contribution in [0.2, 0.25) is 0 Å². The molecule has 1 saturated heterocycles. The van der Waals surface area contributed by atoms with Crippen LogP contribution >= 0.6 is 0 Å². The highest BCUT2D eigenvalue weighted by molar-refractivity contribution is 5.80. The number of anilines is 1. The molecule has 0 N–H and O–H groups in total. The Kier molecular flexibility index (Phi) is 3.96. The average molecular weight is 301 g/mol. The number of methoxy groups -OCH3 is 1. The quantitative estimate of drug-likeness (QED) is 0.871. The van der Waals surface area contributed by atoms with Gasteiger partial charge in [-0.2, -0.15) is 0 Å². The zero-order valence-corrected chi connectivity index (χ0v) is 13.1. The lowest BCUT2D eigenvalue weighted by atomic mass is 9.99. The molecule has 1 aliphatic heterocycles. The molecule has 3 rings (SSSR count). The highest BCUT2D eigenvalue weighted by Crippen LogP contribution is 2.36. The first kappa shape index (κ1) is 14.8. The van der Waals surface area contributed by atoms with E-state index in [1.54, 1.807) is 13.4 Å². The van der Waals surface area contributed by atoms with E-state index in [0.29, 0.717) is 19.5 Å². The Balaban J connectivity index is 2.10. The summed E-state index contributed by atoms with van der Waals surface area (Å²) in [6.07, 6.45) is 1.34. The van der Waals surface area contributed by atoms with Gasteiger partial charge in [0.2, 0.25) is 0 Å². The third-order valence-electron chi connectivity index (χ3n) is 4.15. The number of benzene rings is 1. The van der Waals surface area contributed by atoms with Crippen LogP contribution in [0.1, 0.15) is 17.7 Å². The molecule has 116 valence electrons. The first-order valence-corrected chi connectivity index (χ1v) is 7.45. The molecule has 22 heavy (non-hydrogen) atoms. The first-order valence-electron chi connectivity index (χ1n) is 7.45. The fraction of sp³-hybridized carbons (Fsp3) is 0.412. The zero-order chi connectivity index (χ0) is 15.7. The van der Waals surface area contributed by atoms with E-state index in [-0.39, 0.29) is 0 Å². The molecule has 0 amide bonds. The predicted octanol–water partition coefficient (Wildman–Crippen LogP) is 3.32. The van der Waals surface area contributed by atoms with Gasteiger partial charge < -0.3 is 9.64 Å². The Hall–Kier alpha value is -2.17. The smallest absolute Gasteiger partial charge is 0.140 e. The molecule has 0 radical (unpaired) electrons. The van der Waals surface area contributed by atoms with Crippen LogP contribution in [0.25, 0.3) is 11.1 Å². The summed E-state index contributed by atoms with van der Waals surface area (Å²) in [5, 5.41) is 0. The predicted molar refractivity (Wildman–Crippen MR) is 85.2 cm³/mol. The molecule has 0 bridgehead atoms. The van der Waals surface area contributed by atoms with Gasteiger partial charge in [0.25, 0.3) is 0 Å². The summed E-state index contributed by atoms with van der Waals surface area (Å²) in [5.74, 6) is 1.64. The molecule has 0 unspecified atom stereocenters. The molecule has 1 atom stereocenters. The van der Waals surface area contributed by atoms with E-state index in [9.17, 15) is 4.39 Å². The minimum absolute atomic E-state index is 0.401. The maximum absolute atomic E-state index is 13.6. The van der Waals surface area contributed by atoms with Gasteiger partial charge in [0.05, 0.1) is 19.3 Å². The average Bonchev–Trinajstić information content (AvgIpc) is 2.94. The van der Waals surface area contributed by atoms with Crippen molar-refractivity contribution in [3.63, 3.8) is 0 Å². The molecule has 5 heteroatoms. The van der Waals surface area contributed by atoms with Crippen molar-refractivity contribution in [2.75, 3.05) is 25.1 Å². The molecule has 1 aromatic heterocycles. The van der Waals surface area contributed by atoms with Crippen molar-refractivity contribution in [2.24, 2.45) is 0 Å². The fourth-order valence-corrected chi connectivity index (χ4v) is 2.97. The van der Waals surface area contributed by atoms with Crippen LogP contribution in [0.4, 0.5) is 10.2 Å². The van der Waals surface area contributed by atoms with Gasteiger partial charge in [-0.15, -0.1) is 0 Å². The van der Waals surface area contributed by atoms with Gasteiger partial charge in [-0.3, -0.25) is 0 Å². The Morgan fingerprint density at radius 1 is 1.27 bits per heavy atom. The van der Waals surface area contributed by atoms with E-state index in [2.05, 4.69) is 9.97 Å². The molecule has 4 nitrogen and oxygen atoms in total. The first-order chi connectivity index (χ1) is 10.6. The summed E-state index contributed by atoms with van der Waals surface area (Å²) in [5.41, 5.74) is 4.04. The number of hydrogen-bond donors (Lipinski definition) is 0. The molecule has 1 fully saturated rings. The van der Waals surface area contributed by atoms with Crippen molar-refractivity contribution in [3.05, 3.63) is 35.8 Å². The second-order valence-corrected chi connectivity index (χ2v) is 5.67. The molecule has 0 saturated carbocycles. The summed E-state index contributed by atoms with van der Waals surface area (Å²) in [7, 11) is 1.66. The summed E-state index contributed by atoms with van der Waals surface area (Å²) in [4.78, 5) is 10.8. The number of aryl methyl sites for hydroxylation is 2. The van der Waals surface area contributed by atoms with Crippen LogP contribution in [0.5, 0.6) is 5.75 Å². The number of aromatic nitrogens is 2. The van der Waals surface area contributed by atoms with Crippen molar-refractivity contribution < 1.29 is 9.13 Å². The standard InChI is InChI=1S/C17H20FN3O/c1-11-8-14(22-3)4-5-15(11)16-12(2)19-10-20-17(16)21-7-6-13(18)9-21/h4-5,8,10,13H,6-7,9H2,1-3H3/t13-/m0/s1. The Morgan fingerprint density at radius 2 is 2.09 bits per heavy atom. The van der Waals surface area contributed by atoms with Gasteiger partial charge in [0, 0.05) is 12.1 Å². The minimum Gasteiger partial charge on any atom is -0.497 e. The maximum atomic E-state index is 13.6. The van der Waals surface area contributed by atoms with E-state index in [0.717, 1.165) is 34.0 Å². The maximum Gasteiger partial charge on any atom is 0.140 e. The Labute approximate surface area is 130 Å². The van der Waals surface area contributed by atoms with Crippen molar-refractivity contribution in [3.8, 4) is 16.9 Å². The van der Waals surface area contributed by atoms with E-state index in [1.165, 1.54) is 0 Å². The number of ether oxygens (including phenoxy) is 1. The summed E-state index contributed by atoms with van der Waals surface area (Å²) >= 11 is 0. The van der Waals surface area contributed by atoms with Crippen LogP contribution < -0.4 is 9.64 Å². The minimum atomic E-state index is -0.778. The number of nitrogens with zero attached hydrogens (tertiary/aromatic N) is 3. The van der Waals surface area contributed by atoms with Gasteiger partial charge in [0.15, 0.2) is 0 Å². The lowest BCUT2D eigenvalue weighted by molar-refractivity contribution is 0.364. The normalized spacial score (nSPS) is 17.8. The second-order valence-electron chi connectivity index (χ2n) is 5.67. The van der Waals surface area contributed by atoms with Crippen LogP contribution in [-0.2, 0) is 0 Å². The van der Waals surface area contributed by atoms with Gasteiger partial charge in [-0.05, 0) is 43.5 Å². The number of hydrogen-bond acceptors (Lipinski definition) is 4. The van der Waals surface area contributed by atoms with Crippen molar-refractivity contribution in [1.29, 1.82) is 0 Å². The topological polar surface area (TPSA) is 38.3 Å². The largest absolute Gasteiger partial charge is 0.497 e. The van der Waals surface area contributed by atoms with Crippen molar-refractivity contribution in [2.45, 2.75) is 26.4 Å². The van der Waals surface area contributed by atoms with E-state index in [4.69, 9.17) is 4.74 Å². The van der Waals surface area contributed by atoms with Gasteiger partial charge >= 0.3 is 0 Å². The summed E-state index contributed by atoms with van der Waals surface area (Å²) in [6, 6.07) is 5.94. The summed E-state index contributed by atoms with van der Waals surface area (Å²) in [6.45, 7) is 5.10. The van der Waals surface area contributed by atoms with Gasteiger partial charge in [0.1, 0.15) is 24.1 Å². The summed E-state index contributed by atoms with van der Waals surface area (Å²) < 4.78 is 18.8. The molecular weight excluding hydrogens is 281 g/mol. The highest BCUT2D eigenvalue weighted by atomic mass is 19.1. The molecule has 0 aliphatic carbocycles. The zero-order valence-electron chi connectivity index (χ0n) is 13.1. The van der Waals surface area contributed by atoms with Crippen LogP contribution in [0, 0.1) is 13.8 Å². The SMILES string of the molecule is COc1ccc(-c2c(C)ncnc2N2CC[C@H](F)C2)c(C)c1. The lowest BCUT2D eigenvalue weighted by Gasteiger charge is -2.22. The fourth-order valence-electron chi connectivity index (χ4n) is 2.97. The molecule has 1 aliphatic rings. The van der Waals surface area contributed by atoms with Crippen molar-refractivity contribution >= 4 is 5.82 Å². The van der Waals surface area contributed by atoms with Crippen LogP contribution in [-0.4, -0.2) is 36.3 Å². The van der Waals surface area contributed by atoms with Crippen LogP contribution in [0.15, 0.2) is 24.5 Å². The highest BCUT2D eigenvalue weighted by Gasteiger charge is 2.26. The van der Waals surface area contributed by atoms with E-state index < -0.39 is 6.17 Å². The van der Waals surface area contributed by atoms with Gasteiger partial charge in [-0.1, -0.05) is 6.07 Å². The van der Waals surface area contributed by atoms with E-state index in [1.807, 2.05) is 36.9 Å². The van der Waals surface area contributed by atoms with Crippen LogP contribution in [0.3, 0.4) is 0 Å². The molecule has 2 aromatic rings. The van der Waals surface area contributed by atoms with Crippen molar-refractivity contribution in [1.82, 2.24) is 9.97 Å². The third kappa shape index (κ3) is 2.63. The monoisotopic (exact) mass is 301 g/mol. The molecule has 2 heterocycles. The van der Waals surface area contributed by atoms with Gasteiger partial charge in [-0.25, -0.2) is 14.4 Å². The second kappa shape index (κ2) is 5.91. The number of alkyl halides is 1. The molecular formula is C17H20FN3O. The number of rotatable bonds is 3. The Morgan fingerprint density at radius 3 is 2.73 bits per heavy atom. The third-order valence-corrected chi connectivity index (χ3v) is 4.15. The lowest BCUT2D eigenvalue weighted by Crippen LogP contribution is -2.22. The molecule has 1 aromatic carbocycles. The van der Waals surface area contributed by atoms with E-state index >= 15 is 0 Å². The number of halogens is 1. The molecule has 0 spiro atoms.